The molecule has 2 heterocycles. The molecule has 4 heteroatoms. The summed E-state index contributed by atoms with van der Waals surface area (Å²) >= 11 is 0. The molecule has 0 fully saturated rings. The van der Waals surface area contributed by atoms with Crippen LogP contribution in [0.4, 0.5) is 11.4 Å². The second kappa shape index (κ2) is 6.30. The SMILES string of the molecule is Cc1ccc(N2C(=O)c3cccnc3[C@H]2Nc2cc(C)cc(C)c2)cc1. The van der Waals surface area contributed by atoms with E-state index in [-0.39, 0.29) is 12.1 Å². The van der Waals surface area contributed by atoms with Crippen LogP contribution in [0.15, 0.2) is 60.8 Å². The van der Waals surface area contributed by atoms with Crippen LogP contribution in [0.25, 0.3) is 0 Å². The molecule has 0 bridgehead atoms. The summed E-state index contributed by atoms with van der Waals surface area (Å²) in [6.45, 7) is 6.18. The van der Waals surface area contributed by atoms with Crippen LogP contribution < -0.4 is 10.2 Å². The van der Waals surface area contributed by atoms with Gasteiger partial charge < -0.3 is 5.32 Å². The average Bonchev–Trinajstić information content (AvgIpc) is 2.88. The first-order valence-electron chi connectivity index (χ1n) is 8.73. The van der Waals surface area contributed by atoms with Crippen molar-refractivity contribution in [3.8, 4) is 0 Å². The van der Waals surface area contributed by atoms with Gasteiger partial charge in [-0.25, -0.2) is 0 Å². The minimum absolute atomic E-state index is 0.0289. The van der Waals surface area contributed by atoms with Gasteiger partial charge in [-0.2, -0.15) is 0 Å². The summed E-state index contributed by atoms with van der Waals surface area (Å²) in [5, 5.41) is 3.51. The lowest BCUT2D eigenvalue weighted by Crippen LogP contribution is -2.32. The van der Waals surface area contributed by atoms with E-state index in [0.29, 0.717) is 5.56 Å². The fourth-order valence-corrected chi connectivity index (χ4v) is 3.51. The van der Waals surface area contributed by atoms with Gasteiger partial charge in [-0.05, 0) is 68.3 Å². The van der Waals surface area contributed by atoms with Crippen molar-refractivity contribution in [1.82, 2.24) is 4.98 Å². The van der Waals surface area contributed by atoms with Crippen molar-refractivity contribution >= 4 is 17.3 Å². The zero-order valence-electron chi connectivity index (χ0n) is 15.2. The molecule has 26 heavy (non-hydrogen) atoms. The zero-order chi connectivity index (χ0) is 18.3. The lowest BCUT2D eigenvalue weighted by atomic mass is 10.1. The van der Waals surface area contributed by atoms with Gasteiger partial charge in [0, 0.05) is 17.6 Å². The lowest BCUT2D eigenvalue weighted by molar-refractivity contribution is 0.0993. The third-order valence-corrected chi connectivity index (χ3v) is 4.64. The summed E-state index contributed by atoms with van der Waals surface area (Å²) in [5.74, 6) is -0.0289. The van der Waals surface area contributed by atoms with Crippen LogP contribution in [-0.4, -0.2) is 10.9 Å². The Balaban J connectivity index is 1.79. The van der Waals surface area contributed by atoms with Crippen molar-refractivity contribution in [2.24, 2.45) is 0 Å². The van der Waals surface area contributed by atoms with Gasteiger partial charge in [0.25, 0.3) is 5.91 Å². The molecule has 1 aliphatic rings. The first-order valence-corrected chi connectivity index (χ1v) is 8.73. The molecule has 4 nitrogen and oxygen atoms in total. The van der Waals surface area contributed by atoms with Crippen molar-refractivity contribution in [3.05, 3.63) is 88.7 Å². The Hall–Kier alpha value is -3.14. The second-order valence-corrected chi connectivity index (χ2v) is 6.87. The molecular formula is C22H21N3O. The summed E-state index contributed by atoms with van der Waals surface area (Å²) in [6, 6.07) is 18.0. The molecule has 0 spiro atoms. The van der Waals surface area contributed by atoms with Crippen molar-refractivity contribution in [2.45, 2.75) is 26.9 Å². The lowest BCUT2D eigenvalue weighted by Gasteiger charge is -2.27. The number of carbonyl (C=O) groups is 1. The number of pyridine rings is 1. The van der Waals surface area contributed by atoms with Crippen molar-refractivity contribution in [3.63, 3.8) is 0 Å². The summed E-state index contributed by atoms with van der Waals surface area (Å²) < 4.78 is 0. The van der Waals surface area contributed by atoms with E-state index in [2.05, 4.69) is 42.3 Å². The molecular weight excluding hydrogens is 322 g/mol. The predicted molar refractivity (Wildman–Crippen MR) is 105 cm³/mol. The van der Waals surface area contributed by atoms with E-state index < -0.39 is 0 Å². The van der Waals surface area contributed by atoms with Gasteiger partial charge in [0.2, 0.25) is 0 Å². The Labute approximate surface area is 153 Å². The molecule has 0 saturated carbocycles. The molecule has 1 aliphatic heterocycles. The van der Waals surface area contributed by atoms with Crippen molar-refractivity contribution in [1.29, 1.82) is 0 Å². The van der Waals surface area contributed by atoms with E-state index in [1.54, 1.807) is 11.1 Å². The number of amides is 1. The minimum Gasteiger partial charge on any atom is -0.360 e. The number of fused-ring (bicyclic) bond motifs is 1. The van der Waals surface area contributed by atoms with Crippen LogP contribution in [0, 0.1) is 20.8 Å². The van der Waals surface area contributed by atoms with Gasteiger partial charge in [-0.15, -0.1) is 0 Å². The minimum atomic E-state index is -0.331. The Bertz CT molecular complexity index is 959. The largest absolute Gasteiger partial charge is 0.360 e. The van der Waals surface area contributed by atoms with E-state index in [1.807, 2.05) is 43.3 Å². The number of rotatable bonds is 3. The predicted octanol–water partition coefficient (Wildman–Crippen LogP) is 4.78. The molecule has 0 aliphatic carbocycles. The number of aromatic nitrogens is 1. The second-order valence-electron chi connectivity index (χ2n) is 6.87. The maximum absolute atomic E-state index is 13.1. The van der Waals surface area contributed by atoms with Crippen LogP contribution >= 0.6 is 0 Å². The van der Waals surface area contributed by atoms with E-state index in [9.17, 15) is 4.79 Å². The van der Waals surface area contributed by atoms with E-state index in [4.69, 9.17) is 0 Å². The fourth-order valence-electron chi connectivity index (χ4n) is 3.51. The number of carbonyl (C=O) groups excluding carboxylic acids is 1. The normalized spacial score (nSPS) is 15.9. The van der Waals surface area contributed by atoms with Crippen molar-refractivity contribution < 1.29 is 4.79 Å². The van der Waals surface area contributed by atoms with Crippen molar-refractivity contribution in [2.75, 3.05) is 10.2 Å². The molecule has 1 aromatic heterocycles. The molecule has 2 aromatic carbocycles. The van der Waals surface area contributed by atoms with Gasteiger partial charge >= 0.3 is 0 Å². The van der Waals surface area contributed by atoms with Crippen LogP contribution in [0.5, 0.6) is 0 Å². The smallest absolute Gasteiger partial charge is 0.262 e. The highest BCUT2D eigenvalue weighted by Crippen LogP contribution is 2.37. The maximum Gasteiger partial charge on any atom is 0.262 e. The number of hydrogen-bond acceptors (Lipinski definition) is 3. The number of hydrogen-bond donors (Lipinski definition) is 1. The maximum atomic E-state index is 13.1. The fraction of sp³-hybridized carbons (Fsp3) is 0.182. The molecule has 0 radical (unpaired) electrons. The Morgan fingerprint density at radius 2 is 1.62 bits per heavy atom. The highest BCUT2D eigenvalue weighted by Gasteiger charge is 2.38. The van der Waals surface area contributed by atoms with Gasteiger partial charge in [0.05, 0.1) is 11.3 Å². The number of nitrogens with one attached hydrogen (secondary N) is 1. The van der Waals surface area contributed by atoms with Gasteiger partial charge in [-0.1, -0.05) is 23.8 Å². The van der Waals surface area contributed by atoms with Gasteiger partial charge in [0.15, 0.2) is 6.17 Å². The van der Waals surface area contributed by atoms with E-state index >= 15 is 0 Å². The Morgan fingerprint density at radius 3 is 2.31 bits per heavy atom. The Morgan fingerprint density at radius 1 is 0.923 bits per heavy atom. The average molecular weight is 343 g/mol. The quantitative estimate of drug-likeness (QED) is 0.744. The molecule has 130 valence electrons. The summed E-state index contributed by atoms with van der Waals surface area (Å²) in [7, 11) is 0. The molecule has 4 rings (SSSR count). The number of aryl methyl sites for hydroxylation is 3. The topological polar surface area (TPSA) is 45.2 Å². The summed E-state index contributed by atoms with van der Waals surface area (Å²) in [6.07, 6.45) is 1.41. The molecule has 3 aromatic rings. The molecule has 1 atom stereocenters. The third-order valence-electron chi connectivity index (χ3n) is 4.64. The van der Waals surface area contributed by atoms with Crippen LogP contribution in [0.2, 0.25) is 0 Å². The number of benzene rings is 2. The Kier molecular flexibility index (Phi) is 3.96. The standard InChI is InChI=1S/C22H21N3O/c1-14-6-8-18(9-7-14)25-21(20-19(22(25)26)5-4-10-23-20)24-17-12-15(2)11-16(3)13-17/h4-13,21,24H,1-3H3/t21-/m0/s1. The van der Waals surface area contributed by atoms with E-state index in [0.717, 1.165) is 22.6 Å². The molecule has 0 unspecified atom stereocenters. The number of nitrogens with zero attached hydrogens (tertiary/aromatic N) is 2. The first kappa shape index (κ1) is 16.3. The molecule has 0 saturated heterocycles. The molecule has 1 amide bonds. The monoisotopic (exact) mass is 343 g/mol. The number of anilines is 2. The van der Waals surface area contributed by atoms with Gasteiger partial charge in [-0.3, -0.25) is 14.7 Å². The van der Waals surface area contributed by atoms with E-state index in [1.165, 1.54) is 11.1 Å². The van der Waals surface area contributed by atoms with Gasteiger partial charge in [0.1, 0.15) is 0 Å². The first-order chi connectivity index (χ1) is 12.5. The zero-order valence-corrected chi connectivity index (χ0v) is 15.2. The highest BCUT2D eigenvalue weighted by atomic mass is 16.2. The molecule has 1 N–H and O–H groups in total. The van der Waals surface area contributed by atoms with Crippen LogP contribution in [0.1, 0.15) is 38.9 Å². The summed E-state index contributed by atoms with van der Waals surface area (Å²) in [5.41, 5.74) is 6.78. The highest BCUT2D eigenvalue weighted by molar-refractivity contribution is 6.11. The van der Waals surface area contributed by atoms with Crippen LogP contribution in [-0.2, 0) is 0 Å². The summed E-state index contributed by atoms with van der Waals surface area (Å²) in [4.78, 5) is 19.3. The van der Waals surface area contributed by atoms with Crippen LogP contribution in [0.3, 0.4) is 0 Å². The third kappa shape index (κ3) is 2.84.